The van der Waals surface area contributed by atoms with Gasteiger partial charge in [-0.05, 0) is 116 Å². The van der Waals surface area contributed by atoms with Gasteiger partial charge in [0, 0.05) is 37.4 Å². The zero-order valence-corrected chi connectivity index (χ0v) is 32.8. The lowest BCUT2D eigenvalue weighted by Gasteiger charge is -2.44. The maximum Gasteiger partial charge on any atom is 0.286 e. The van der Waals surface area contributed by atoms with E-state index in [4.69, 9.17) is 25.8 Å². The van der Waals surface area contributed by atoms with Gasteiger partial charge in [-0.3, -0.25) is 13.9 Å². The molecule has 3 fully saturated rings. The predicted molar refractivity (Wildman–Crippen MR) is 207 cm³/mol. The third-order valence-electron chi connectivity index (χ3n) is 11.7. The molecule has 0 spiro atoms. The van der Waals surface area contributed by atoms with E-state index < -0.39 is 27.0 Å². The zero-order chi connectivity index (χ0) is 36.8. The number of aryl methyl sites for hydroxylation is 1. The molecule has 3 heterocycles. The summed E-state index contributed by atoms with van der Waals surface area (Å²) >= 11 is 6.35. The average molecular weight is 754 g/mol. The predicted octanol–water partition coefficient (Wildman–Crippen LogP) is 8.28. The maximum absolute atomic E-state index is 14.9. The molecule has 0 N–H and O–H groups in total. The number of rotatable bonds is 10. The van der Waals surface area contributed by atoms with E-state index in [0.29, 0.717) is 67.9 Å². The van der Waals surface area contributed by atoms with Crippen LogP contribution in [0.2, 0.25) is 5.02 Å². The first-order chi connectivity index (χ1) is 25.1. The van der Waals surface area contributed by atoms with Gasteiger partial charge in [-0.15, -0.1) is 4.36 Å². The number of halogens is 1. The summed E-state index contributed by atoms with van der Waals surface area (Å²) < 4.78 is 38.2. The number of ether oxygens (including phenoxy) is 3. The van der Waals surface area contributed by atoms with Crippen molar-refractivity contribution in [1.82, 2.24) is 4.31 Å². The highest BCUT2D eigenvalue weighted by Crippen LogP contribution is 2.42. The van der Waals surface area contributed by atoms with Crippen LogP contribution in [-0.2, 0) is 37.1 Å². The van der Waals surface area contributed by atoms with Gasteiger partial charge < -0.3 is 19.1 Å². The van der Waals surface area contributed by atoms with Crippen molar-refractivity contribution in [3.63, 3.8) is 0 Å². The van der Waals surface area contributed by atoms with Crippen LogP contribution in [0.15, 0.2) is 52.9 Å². The van der Waals surface area contributed by atoms with Crippen molar-refractivity contribution >= 4 is 39.0 Å². The molecule has 6 atom stereocenters. The van der Waals surface area contributed by atoms with Crippen LogP contribution < -0.4 is 9.64 Å². The van der Waals surface area contributed by atoms with Gasteiger partial charge in [0.2, 0.25) is 0 Å². The third-order valence-corrected chi connectivity index (χ3v) is 14.7. The Morgan fingerprint density at radius 1 is 1.08 bits per heavy atom. The van der Waals surface area contributed by atoms with E-state index in [1.807, 2.05) is 19.2 Å². The molecular formula is C41H56ClN3O6S. The van der Waals surface area contributed by atoms with Crippen molar-refractivity contribution in [2.45, 2.75) is 96.5 Å². The maximum atomic E-state index is 14.9. The molecule has 2 saturated heterocycles. The number of allylic oxidation sites excluding steroid dienone is 2. The summed E-state index contributed by atoms with van der Waals surface area (Å²) in [6.07, 6.45) is 13.0. The fraction of sp³-hybridized carbons (Fsp3) is 0.610. The minimum Gasteiger partial charge on any atom is -0.491 e. The highest BCUT2D eigenvalue weighted by molar-refractivity contribution is 7.94. The van der Waals surface area contributed by atoms with Gasteiger partial charge in [-0.2, -0.15) is 0 Å². The van der Waals surface area contributed by atoms with E-state index in [9.17, 15) is 13.8 Å². The molecule has 11 heteroatoms. The van der Waals surface area contributed by atoms with Crippen molar-refractivity contribution in [1.29, 1.82) is 0 Å². The Morgan fingerprint density at radius 2 is 1.88 bits per heavy atom. The SMILES string of the molecule is CC[C@@H](/C=C\C[C@H](C)[C@H]1CN(C(=O)COC2CCOCC2)S1(=O)=NC(=O)c1ccc2c(c1)N(C)Cc1ccc(Cl)cc1CCCCO2)[C@@H]1CC[C@H]1C. The van der Waals surface area contributed by atoms with E-state index in [2.05, 4.69) is 48.3 Å². The van der Waals surface area contributed by atoms with E-state index in [1.54, 1.807) is 18.2 Å². The molecule has 3 aliphatic heterocycles. The number of hydrogen-bond donors (Lipinski definition) is 0. The Balaban J connectivity index is 1.25. The summed E-state index contributed by atoms with van der Waals surface area (Å²) in [5.74, 6) is 1.64. The average Bonchev–Trinajstić information content (AvgIpc) is 3.16. The Hall–Kier alpha value is -2.92. The largest absolute Gasteiger partial charge is 0.491 e. The normalized spacial score (nSPS) is 26.5. The lowest BCUT2D eigenvalue weighted by atomic mass is 9.67. The highest BCUT2D eigenvalue weighted by Gasteiger charge is 2.48. The molecule has 284 valence electrons. The van der Waals surface area contributed by atoms with Crippen molar-refractivity contribution in [3.8, 4) is 5.75 Å². The fourth-order valence-corrected chi connectivity index (χ4v) is 10.7. The lowest BCUT2D eigenvalue weighted by Crippen LogP contribution is -2.61. The number of carbonyl (C=O) groups excluding carboxylic acids is 2. The molecule has 2 aromatic carbocycles. The summed E-state index contributed by atoms with van der Waals surface area (Å²) in [6.45, 7) is 9.04. The number of amides is 2. The Morgan fingerprint density at radius 3 is 2.62 bits per heavy atom. The first-order valence-electron chi connectivity index (χ1n) is 19.3. The number of nitrogens with zero attached hydrogens (tertiary/aromatic N) is 3. The third kappa shape index (κ3) is 8.88. The van der Waals surface area contributed by atoms with E-state index in [-0.39, 0.29) is 25.2 Å². The molecule has 2 aromatic rings. The van der Waals surface area contributed by atoms with Crippen LogP contribution in [0, 0.1) is 23.7 Å². The van der Waals surface area contributed by atoms with E-state index >= 15 is 0 Å². The van der Waals surface area contributed by atoms with Crippen LogP contribution in [0.25, 0.3) is 0 Å². The molecule has 1 unspecified atom stereocenters. The quantitative estimate of drug-likeness (QED) is 0.225. The molecule has 6 rings (SSSR count). The lowest BCUT2D eigenvalue weighted by molar-refractivity contribution is -0.136. The molecule has 4 aliphatic rings. The summed E-state index contributed by atoms with van der Waals surface area (Å²) in [5.41, 5.74) is 3.41. The highest BCUT2D eigenvalue weighted by atomic mass is 35.5. The standard InChI is InChI=1S/C41H56ClN3O6S/c1-5-30(36-16-12-28(36)2)11-8-9-29(3)39-26-45(40(46)27-51-35-18-21-49-22-19-35)52(39,48)43-41(47)32-14-17-38-37(24-32)44(4)25-33-13-15-34(42)23-31(33)10-6-7-20-50-38/h8,11,13-15,17,23-24,28-30,35-36,39H,5-7,9-10,12,16,18-22,25-27H2,1-4H3/b11-8-/t28-,29+,30+,36-,39-,52?/m1/s1. The second-order valence-electron chi connectivity index (χ2n) is 15.2. The number of carbonyl (C=O) groups is 2. The van der Waals surface area contributed by atoms with E-state index in [1.165, 1.54) is 22.7 Å². The smallest absolute Gasteiger partial charge is 0.286 e. The molecular weight excluding hydrogens is 698 g/mol. The fourth-order valence-electron chi connectivity index (χ4n) is 8.09. The Labute approximate surface area is 315 Å². The van der Waals surface area contributed by atoms with E-state index in [0.717, 1.165) is 48.8 Å². The summed E-state index contributed by atoms with van der Waals surface area (Å²) in [4.78, 5) is 29.6. The summed E-state index contributed by atoms with van der Waals surface area (Å²) in [7, 11) is -1.42. The van der Waals surface area contributed by atoms with Gasteiger partial charge in [-0.25, -0.2) is 4.21 Å². The number of benzene rings is 2. The van der Waals surface area contributed by atoms with Crippen molar-refractivity contribution < 1.29 is 28.0 Å². The minimum absolute atomic E-state index is 0.0439. The first kappa shape index (κ1) is 38.8. The van der Waals surface area contributed by atoms with Crippen LogP contribution in [0.3, 0.4) is 0 Å². The second kappa shape index (κ2) is 17.5. The van der Waals surface area contributed by atoms with Gasteiger partial charge in [-0.1, -0.05) is 57.0 Å². The van der Waals surface area contributed by atoms with Gasteiger partial charge in [0.25, 0.3) is 11.8 Å². The molecule has 2 amide bonds. The topological polar surface area (TPSA) is 97.7 Å². The van der Waals surface area contributed by atoms with Gasteiger partial charge in [0.05, 0.1) is 30.2 Å². The summed E-state index contributed by atoms with van der Waals surface area (Å²) in [5, 5.41) is 0.276. The number of hydrogen-bond acceptors (Lipinski definition) is 7. The number of anilines is 1. The van der Waals surface area contributed by atoms with Crippen LogP contribution in [0.1, 0.15) is 93.6 Å². The minimum atomic E-state index is -3.39. The van der Waals surface area contributed by atoms with Gasteiger partial charge in [0.1, 0.15) is 22.3 Å². The molecule has 0 radical (unpaired) electrons. The van der Waals surface area contributed by atoms with Gasteiger partial charge >= 0.3 is 0 Å². The van der Waals surface area contributed by atoms with Crippen LogP contribution in [0.5, 0.6) is 5.75 Å². The monoisotopic (exact) mass is 753 g/mol. The van der Waals surface area contributed by atoms with Crippen LogP contribution in [-0.4, -0.2) is 71.7 Å². The van der Waals surface area contributed by atoms with Crippen molar-refractivity contribution in [3.05, 3.63) is 70.3 Å². The van der Waals surface area contributed by atoms with Gasteiger partial charge in [0.15, 0.2) is 0 Å². The second-order valence-corrected chi connectivity index (χ2v) is 18.0. The molecule has 0 bridgehead atoms. The first-order valence-corrected chi connectivity index (χ1v) is 21.2. The zero-order valence-electron chi connectivity index (χ0n) is 31.3. The molecule has 9 nitrogen and oxygen atoms in total. The molecule has 1 aliphatic carbocycles. The molecule has 1 saturated carbocycles. The Bertz CT molecular complexity index is 1730. The van der Waals surface area contributed by atoms with Crippen molar-refractivity contribution in [2.75, 3.05) is 44.9 Å². The molecule has 52 heavy (non-hydrogen) atoms. The van der Waals surface area contributed by atoms with Crippen LogP contribution in [0.4, 0.5) is 5.69 Å². The molecule has 0 aromatic heterocycles. The summed E-state index contributed by atoms with van der Waals surface area (Å²) in [6, 6.07) is 11.2. The van der Waals surface area contributed by atoms with Crippen LogP contribution >= 0.6 is 11.6 Å². The Kier molecular flexibility index (Phi) is 13.0. The van der Waals surface area contributed by atoms with Crippen molar-refractivity contribution in [2.24, 2.45) is 28.0 Å². The number of fused-ring (bicyclic) bond motifs is 2.